The summed E-state index contributed by atoms with van der Waals surface area (Å²) in [7, 11) is 1.45. The van der Waals surface area contributed by atoms with Gasteiger partial charge in [-0.1, -0.05) is 0 Å². The normalized spacial score (nSPS) is 10.4. The first-order valence-electron chi connectivity index (χ1n) is 4.00. The Morgan fingerprint density at radius 3 is 3.00 bits per heavy atom. The predicted molar refractivity (Wildman–Crippen MR) is 49.8 cm³/mol. The lowest BCUT2D eigenvalue weighted by molar-refractivity contribution is 0.112. The number of benzene rings is 1. The van der Waals surface area contributed by atoms with E-state index in [2.05, 4.69) is 0 Å². The third-order valence-corrected chi connectivity index (χ3v) is 2.03. The Kier molecular flexibility index (Phi) is 1.89. The van der Waals surface area contributed by atoms with E-state index < -0.39 is 0 Å². The van der Waals surface area contributed by atoms with E-state index in [9.17, 15) is 9.90 Å². The Morgan fingerprint density at radius 1 is 1.57 bits per heavy atom. The van der Waals surface area contributed by atoms with Gasteiger partial charge in [0, 0.05) is 0 Å². The summed E-state index contributed by atoms with van der Waals surface area (Å²) >= 11 is 0. The molecule has 1 aromatic heterocycles. The van der Waals surface area contributed by atoms with Crippen LogP contribution in [0.4, 0.5) is 0 Å². The Labute approximate surface area is 79.7 Å². The van der Waals surface area contributed by atoms with E-state index in [-0.39, 0.29) is 11.3 Å². The summed E-state index contributed by atoms with van der Waals surface area (Å²) in [5, 5.41) is 10.1. The van der Waals surface area contributed by atoms with Crippen LogP contribution in [0.3, 0.4) is 0 Å². The molecule has 14 heavy (non-hydrogen) atoms. The van der Waals surface area contributed by atoms with Crippen LogP contribution >= 0.6 is 0 Å². The van der Waals surface area contributed by atoms with Gasteiger partial charge in [0.2, 0.25) is 0 Å². The summed E-state index contributed by atoms with van der Waals surface area (Å²) in [6.45, 7) is 0. The highest BCUT2D eigenvalue weighted by Crippen LogP contribution is 2.35. The van der Waals surface area contributed by atoms with Gasteiger partial charge in [0.1, 0.15) is 5.75 Å². The van der Waals surface area contributed by atoms with E-state index in [1.807, 2.05) is 0 Å². The molecule has 0 radical (unpaired) electrons. The topological polar surface area (TPSA) is 59.7 Å². The molecule has 1 aromatic carbocycles. The number of rotatable bonds is 2. The van der Waals surface area contributed by atoms with E-state index in [0.717, 1.165) is 0 Å². The first-order chi connectivity index (χ1) is 6.77. The molecule has 0 amide bonds. The zero-order valence-corrected chi connectivity index (χ0v) is 7.48. The molecule has 0 saturated carbocycles. The highest BCUT2D eigenvalue weighted by molar-refractivity contribution is 5.96. The zero-order chi connectivity index (χ0) is 10.1. The minimum atomic E-state index is 0.0108. The molecule has 72 valence electrons. The van der Waals surface area contributed by atoms with E-state index in [1.54, 1.807) is 6.07 Å². The third-order valence-electron chi connectivity index (χ3n) is 2.03. The van der Waals surface area contributed by atoms with Crippen molar-refractivity contribution in [1.82, 2.24) is 0 Å². The number of carbonyl (C=O) groups is 1. The average Bonchev–Trinajstić information content (AvgIpc) is 2.66. The summed E-state index contributed by atoms with van der Waals surface area (Å²) in [6, 6.07) is 2.96. The zero-order valence-electron chi connectivity index (χ0n) is 7.48. The minimum Gasteiger partial charge on any atom is -0.507 e. The summed E-state index contributed by atoms with van der Waals surface area (Å²) in [5.41, 5.74) is 0.655. The van der Waals surface area contributed by atoms with Gasteiger partial charge in [-0.15, -0.1) is 0 Å². The number of fused-ring (bicyclic) bond motifs is 1. The Hall–Kier alpha value is -1.97. The molecule has 0 fully saturated rings. The number of carbonyl (C=O) groups excluding carboxylic acids is 1. The van der Waals surface area contributed by atoms with Crippen LogP contribution in [0.25, 0.3) is 11.0 Å². The molecule has 1 heterocycles. The van der Waals surface area contributed by atoms with E-state index in [0.29, 0.717) is 23.0 Å². The molecule has 0 spiro atoms. The fourth-order valence-corrected chi connectivity index (χ4v) is 1.41. The SMILES string of the molecule is COc1c(C=O)cc(O)c2ccoc12. The second kappa shape index (κ2) is 3.06. The quantitative estimate of drug-likeness (QED) is 0.739. The van der Waals surface area contributed by atoms with Crippen LogP contribution in [0.2, 0.25) is 0 Å². The van der Waals surface area contributed by atoms with Gasteiger partial charge >= 0.3 is 0 Å². The van der Waals surface area contributed by atoms with Crippen molar-refractivity contribution in [2.24, 2.45) is 0 Å². The molecule has 0 aliphatic rings. The molecule has 0 aliphatic heterocycles. The van der Waals surface area contributed by atoms with E-state index >= 15 is 0 Å². The van der Waals surface area contributed by atoms with Crippen molar-refractivity contribution in [3.8, 4) is 11.5 Å². The van der Waals surface area contributed by atoms with Crippen molar-refractivity contribution in [3.05, 3.63) is 24.0 Å². The lowest BCUT2D eigenvalue weighted by Gasteiger charge is -2.04. The molecule has 1 N–H and O–H groups in total. The van der Waals surface area contributed by atoms with Gasteiger partial charge in [0.05, 0.1) is 24.3 Å². The minimum absolute atomic E-state index is 0.0108. The molecule has 2 aromatic rings. The van der Waals surface area contributed by atoms with Crippen molar-refractivity contribution in [2.45, 2.75) is 0 Å². The Bertz CT molecular complexity index is 484. The Morgan fingerprint density at radius 2 is 2.36 bits per heavy atom. The highest BCUT2D eigenvalue weighted by atomic mass is 16.5. The Balaban J connectivity index is 2.88. The molecule has 0 bridgehead atoms. The maximum absolute atomic E-state index is 10.7. The average molecular weight is 192 g/mol. The van der Waals surface area contributed by atoms with Crippen LogP contribution in [-0.2, 0) is 0 Å². The van der Waals surface area contributed by atoms with Crippen molar-refractivity contribution in [1.29, 1.82) is 0 Å². The molecule has 0 unspecified atom stereocenters. The van der Waals surface area contributed by atoms with Gasteiger partial charge in [0.25, 0.3) is 0 Å². The van der Waals surface area contributed by atoms with E-state index in [4.69, 9.17) is 9.15 Å². The number of hydrogen-bond acceptors (Lipinski definition) is 4. The van der Waals surface area contributed by atoms with Crippen LogP contribution in [0.15, 0.2) is 22.8 Å². The molecule has 4 nitrogen and oxygen atoms in total. The number of hydrogen-bond donors (Lipinski definition) is 1. The van der Waals surface area contributed by atoms with Gasteiger partial charge in [-0.3, -0.25) is 4.79 Å². The highest BCUT2D eigenvalue weighted by Gasteiger charge is 2.14. The van der Waals surface area contributed by atoms with Crippen LogP contribution in [-0.4, -0.2) is 18.5 Å². The maximum atomic E-state index is 10.7. The summed E-state index contributed by atoms with van der Waals surface area (Å²) < 4.78 is 10.1. The lowest BCUT2D eigenvalue weighted by atomic mass is 10.1. The van der Waals surface area contributed by atoms with Crippen molar-refractivity contribution < 1.29 is 19.1 Å². The van der Waals surface area contributed by atoms with Crippen molar-refractivity contribution in [2.75, 3.05) is 7.11 Å². The summed E-state index contributed by atoms with van der Waals surface area (Å²) in [5.74, 6) is 0.356. The molecule has 0 saturated heterocycles. The first kappa shape index (κ1) is 8.62. The van der Waals surface area contributed by atoms with Gasteiger partial charge in [-0.2, -0.15) is 0 Å². The van der Waals surface area contributed by atoms with Gasteiger partial charge in [0.15, 0.2) is 17.6 Å². The first-order valence-corrected chi connectivity index (χ1v) is 4.00. The third kappa shape index (κ3) is 1.04. The fourth-order valence-electron chi connectivity index (χ4n) is 1.41. The van der Waals surface area contributed by atoms with Crippen molar-refractivity contribution >= 4 is 17.3 Å². The molecular formula is C10H8O4. The molecule has 4 heteroatoms. The number of methoxy groups -OCH3 is 1. The largest absolute Gasteiger partial charge is 0.507 e. The summed E-state index contributed by atoms with van der Waals surface area (Å²) in [6.07, 6.45) is 2.04. The maximum Gasteiger partial charge on any atom is 0.180 e. The van der Waals surface area contributed by atoms with Gasteiger partial charge < -0.3 is 14.3 Å². The smallest absolute Gasteiger partial charge is 0.180 e. The lowest BCUT2D eigenvalue weighted by Crippen LogP contribution is -1.90. The number of aldehydes is 1. The van der Waals surface area contributed by atoms with E-state index in [1.165, 1.54) is 19.4 Å². The fraction of sp³-hybridized carbons (Fsp3) is 0.100. The molecule has 2 rings (SSSR count). The van der Waals surface area contributed by atoms with Crippen LogP contribution in [0.5, 0.6) is 11.5 Å². The van der Waals surface area contributed by atoms with Gasteiger partial charge in [-0.05, 0) is 12.1 Å². The van der Waals surface area contributed by atoms with Crippen LogP contribution < -0.4 is 4.74 Å². The van der Waals surface area contributed by atoms with Gasteiger partial charge in [-0.25, -0.2) is 0 Å². The molecular weight excluding hydrogens is 184 g/mol. The standard InChI is InChI=1S/C10H8O4/c1-13-9-6(5-11)4-8(12)7-2-3-14-10(7)9/h2-5,12H,1H3. The summed E-state index contributed by atoms with van der Waals surface area (Å²) in [4.78, 5) is 10.7. The molecule has 0 aliphatic carbocycles. The molecule has 0 atom stereocenters. The monoisotopic (exact) mass is 192 g/mol. The second-order valence-electron chi connectivity index (χ2n) is 2.80. The second-order valence-corrected chi connectivity index (χ2v) is 2.80. The number of phenols is 1. The number of aromatic hydroxyl groups is 1. The number of furan rings is 1. The van der Waals surface area contributed by atoms with Crippen molar-refractivity contribution in [3.63, 3.8) is 0 Å². The number of ether oxygens (including phenoxy) is 1. The van der Waals surface area contributed by atoms with Crippen LogP contribution in [0, 0.1) is 0 Å². The number of phenolic OH excluding ortho intramolecular Hbond substituents is 1. The predicted octanol–water partition coefficient (Wildman–Crippen LogP) is 1.96. The van der Waals surface area contributed by atoms with Crippen LogP contribution in [0.1, 0.15) is 10.4 Å².